The minimum Gasteiger partial charge on any atom is -0.384 e. The smallest absolute Gasteiger partial charge is 0.268 e. The molecule has 0 fully saturated rings. The number of hydrogen-bond acceptors (Lipinski definition) is 5. The van der Waals surface area contributed by atoms with Crippen molar-refractivity contribution in [1.29, 1.82) is 10.5 Å². The van der Waals surface area contributed by atoms with Crippen LogP contribution < -0.4 is 11.3 Å². The number of benzene rings is 1. The Morgan fingerprint density at radius 3 is 2.30 bits per heavy atom. The summed E-state index contributed by atoms with van der Waals surface area (Å²) in [7, 11) is 0. The molecule has 1 aromatic heterocycles. The first-order valence-corrected chi connectivity index (χ1v) is 7.04. The van der Waals surface area contributed by atoms with Crippen LogP contribution in [-0.4, -0.2) is 11.1 Å². The fraction of sp³-hybridized carbons (Fsp3) is 0.235. The van der Waals surface area contributed by atoms with Crippen molar-refractivity contribution in [3.8, 4) is 23.3 Å². The Hall–Kier alpha value is -3.09. The number of nitrogens with one attached hydrogen (secondary N) is 1. The zero-order chi connectivity index (χ0) is 17.0. The molecule has 0 spiro atoms. The Morgan fingerprint density at radius 1 is 1.17 bits per heavy atom. The van der Waals surface area contributed by atoms with Gasteiger partial charge in [0, 0.05) is 5.56 Å². The van der Waals surface area contributed by atoms with Gasteiger partial charge in [-0.1, -0.05) is 24.3 Å². The summed E-state index contributed by atoms with van der Waals surface area (Å²) in [5.74, 6) is -0.0429. The predicted octanol–water partition coefficient (Wildman–Crippen LogP) is 2.29. The molecule has 1 heterocycles. The van der Waals surface area contributed by atoms with Gasteiger partial charge in [-0.25, -0.2) is 0 Å². The summed E-state index contributed by atoms with van der Waals surface area (Å²) in [6, 6.07) is 10.9. The molecule has 0 aliphatic heterocycles. The van der Waals surface area contributed by atoms with Gasteiger partial charge in [0.15, 0.2) is 0 Å². The van der Waals surface area contributed by atoms with Crippen molar-refractivity contribution in [2.24, 2.45) is 0 Å². The van der Waals surface area contributed by atoms with Gasteiger partial charge in [-0.05, 0) is 25.0 Å². The van der Waals surface area contributed by atoms with Crippen molar-refractivity contribution in [3.05, 3.63) is 51.3 Å². The summed E-state index contributed by atoms with van der Waals surface area (Å²) >= 11 is 0. The van der Waals surface area contributed by atoms with Gasteiger partial charge in [0.2, 0.25) is 0 Å². The van der Waals surface area contributed by atoms with Crippen molar-refractivity contribution in [2.45, 2.75) is 26.6 Å². The number of anilines is 1. The first kappa shape index (κ1) is 16.3. The third kappa shape index (κ3) is 3.39. The second-order valence-electron chi connectivity index (χ2n) is 5.27. The molecule has 0 atom stereocenters. The molecule has 0 saturated carbocycles. The molecule has 0 unspecified atom stereocenters. The third-order valence-electron chi connectivity index (χ3n) is 3.29. The van der Waals surface area contributed by atoms with Crippen LogP contribution in [0.2, 0.25) is 0 Å². The molecule has 1 aromatic carbocycles. The molecule has 0 bridgehead atoms. The van der Waals surface area contributed by atoms with Crippen LogP contribution in [0.5, 0.6) is 0 Å². The number of aromatic amines is 1. The lowest BCUT2D eigenvalue weighted by Crippen LogP contribution is -2.16. The average Bonchev–Trinajstić information content (AvgIpc) is 2.53. The van der Waals surface area contributed by atoms with E-state index in [4.69, 9.17) is 10.5 Å². The minimum atomic E-state index is -0.605. The number of H-pyrrole nitrogens is 1. The minimum absolute atomic E-state index is 0.0429. The fourth-order valence-electron chi connectivity index (χ4n) is 2.16. The van der Waals surface area contributed by atoms with Crippen molar-refractivity contribution in [2.75, 3.05) is 5.73 Å². The summed E-state index contributed by atoms with van der Waals surface area (Å²) in [4.78, 5) is 14.2. The van der Waals surface area contributed by atoms with Gasteiger partial charge in [-0.3, -0.25) is 4.79 Å². The number of rotatable bonds is 4. The molecule has 23 heavy (non-hydrogen) atoms. The molecule has 0 radical (unpaired) electrons. The number of nitrogens with two attached hydrogens (primary N) is 1. The molecule has 2 rings (SSSR count). The average molecular weight is 308 g/mol. The van der Waals surface area contributed by atoms with Crippen LogP contribution in [0, 0.1) is 22.7 Å². The lowest BCUT2D eigenvalue weighted by Gasteiger charge is -2.10. The van der Waals surface area contributed by atoms with Gasteiger partial charge in [0.1, 0.15) is 29.1 Å². The van der Waals surface area contributed by atoms with E-state index in [0.29, 0.717) is 12.2 Å². The highest BCUT2D eigenvalue weighted by Crippen LogP contribution is 2.28. The monoisotopic (exact) mass is 308 g/mol. The number of nitrogen functional groups attached to an aromatic ring is 1. The molecule has 0 amide bonds. The number of nitriles is 2. The third-order valence-corrected chi connectivity index (χ3v) is 3.29. The standard InChI is InChI=1S/C17H16N4O2/c1-10(2)23-9-11-3-5-12(6-4-11)15-13(7-18)16(20)21-17(22)14(15)8-19/h3-6,10H,9H2,1-2H3,(H3,20,21,22). The number of pyridine rings is 1. The summed E-state index contributed by atoms with van der Waals surface area (Å²) in [5.41, 5.74) is 6.86. The lowest BCUT2D eigenvalue weighted by atomic mass is 9.96. The second-order valence-corrected chi connectivity index (χ2v) is 5.27. The lowest BCUT2D eigenvalue weighted by molar-refractivity contribution is 0.0657. The van der Waals surface area contributed by atoms with E-state index >= 15 is 0 Å². The first-order chi connectivity index (χ1) is 11.0. The second kappa shape index (κ2) is 6.78. The Labute approximate surface area is 133 Å². The van der Waals surface area contributed by atoms with E-state index in [2.05, 4.69) is 4.98 Å². The molecule has 6 nitrogen and oxygen atoms in total. The van der Waals surface area contributed by atoms with E-state index in [9.17, 15) is 15.3 Å². The maximum atomic E-state index is 11.9. The quantitative estimate of drug-likeness (QED) is 0.899. The van der Waals surface area contributed by atoms with E-state index in [1.54, 1.807) is 12.1 Å². The molecule has 2 aromatic rings. The molecule has 3 N–H and O–H groups in total. The highest BCUT2D eigenvalue weighted by molar-refractivity contribution is 5.80. The zero-order valence-corrected chi connectivity index (χ0v) is 12.9. The normalized spacial score (nSPS) is 10.3. The first-order valence-electron chi connectivity index (χ1n) is 7.04. The van der Waals surface area contributed by atoms with Gasteiger partial charge in [-0.15, -0.1) is 0 Å². The SMILES string of the molecule is CC(C)OCc1ccc(-c2c(C#N)c(N)[nH]c(=O)c2C#N)cc1. The molecule has 6 heteroatoms. The van der Waals surface area contributed by atoms with Gasteiger partial charge < -0.3 is 15.5 Å². The zero-order valence-electron chi connectivity index (χ0n) is 12.9. The van der Waals surface area contributed by atoms with Gasteiger partial charge in [0.05, 0.1) is 12.7 Å². The van der Waals surface area contributed by atoms with Crippen molar-refractivity contribution in [1.82, 2.24) is 4.98 Å². The van der Waals surface area contributed by atoms with Gasteiger partial charge in [0.25, 0.3) is 5.56 Å². The maximum Gasteiger partial charge on any atom is 0.268 e. The highest BCUT2D eigenvalue weighted by atomic mass is 16.5. The van der Waals surface area contributed by atoms with Gasteiger partial charge >= 0.3 is 0 Å². The fourth-order valence-corrected chi connectivity index (χ4v) is 2.16. The summed E-state index contributed by atoms with van der Waals surface area (Å²) < 4.78 is 5.52. The van der Waals surface area contributed by atoms with E-state index in [1.165, 1.54) is 0 Å². The number of aromatic nitrogens is 1. The van der Waals surface area contributed by atoms with Gasteiger partial charge in [-0.2, -0.15) is 10.5 Å². The van der Waals surface area contributed by atoms with Crippen molar-refractivity contribution in [3.63, 3.8) is 0 Å². The summed E-state index contributed by atoms with van der Waals surface area (Å²) in [6.45, 7) is 4.36. The van der Waals surface area contributed by atoms with Crippen LogP contribution in [0.1, 0.15) is 30.5 Å². The van der Waals surface area contributed by atoms with E-state index in [1.807, 2.05) is 38.1 Å². The number of hydrogen-bond donors (Lipinski definition) is 2. The molecule has 0 aliphatic rings. The Kier molecular flexibility index (Phi) is 4.80. The van der Waals surface area contributed by atoms with Crippen molar-refractivity contribution < 1.29 is 4.74 Å². The van der Waals surface area contributed by atoms with Crippen LogP contribution in [0.3, 0.4) is 0 Å². The van der Waals surface area contributed by atoms with E-state index in [0.717, 1.165) is 5.56 Å². The molecular weight excluding hydrogens is 292 g/mol. The maximum absolute atomic E-state index is 11.9. The van der Waals surface area contributed by atoms with Crippen LogP contribution in [0.25, 0.3) is 11.1 Å². The largest absolute Gasteiger partial charge is 0.384 e. The highest BCUT2D eigenvalue weighted by Gasteiger charge is 2.17. The Bertz CT molecular complexity index is 852. The summed E-state index contributed by atoms with van der Waals surface area (Å²) in [6.07, 6.45) is 0.123. The van der Waals surface area contributed by atoms with Crippen LogP contribution in [0.4, 0.5) is 5.82 Å². The molecule has 0 aliphatic carbocycles. The Balaban J connectivity index is 2.53. The Morgan fingerprint density at radius 2 is 1.78 bits per heavy atom. The number of ether oxygens (including phenoxy) is 1. The predicted molar refractivity (Wildman–Crippen MR) is 86.3 cm³/mol. The number of nitrogens with zero attached hydrogens (tertiary/aromatic N) is 2. The topological polar surface area (TPSA) is 116 Å². The summed E-state index contributed by atoms with van der Waals surface area (Å²) in [5, 5.41) is 18.5. The van der Waals surface area contributed by atoms with Crippen molar-refractivity contribution >= 4 is 5.82 Å². The van der Waals surface area contributed by atoms with Crippen LogP contribution >= 0.6 is 0 Å². The van der Waals surface area contributed by atoms with E-state index in [-0.39, 0.29) is 28.6 Å². The van der Waals surface area contributed by atoms with Crippen LogP contribution in [0.15, 0.2) is 29.1 Å². The van der Waals surface area contributed by atoms with E-state index < -0.39 is 5.56 Å². The molecule has 0 saturated heterocycles. The molecule has 116 valence electrons. The molecular formula is C17H16N4O2. The van der Waals surface area contributed by atoms with Crippen LogP contribution in [-0.2, 0) is 11.3 Å².